The van der Waals surface area contributed by atoms with E-state index in [2.05, 4.69) is 6.07 Å². The van der Waals surface area contributed by atoms with Crippen LogP contribution in [0.4, 0.5) is 0 Å². The topological polar surface area (TPSA) is 53.3 Å². The highest BCUT2D eigenvalue weighted by atomic mass is 32.2. The number of hydrogen-bond acceptors (Lipinski definition) is 4. The maximum absolute atomic E-state index is 12.1. The van der Waals surface area contributed by atoms with Crippen molar-refractivity contribution in [2.75, 3.05) is 33.1 Å². The molecule has 1 aliphatic rings. The number of rotatable bonds is 5. The maximum atomic E-state index is 12.1. The summed E-state index contributed by atoms with van der Waals surface area (Å²) in [7, 11) is 1.65. The third kappa shape index (κ3) is 3.89. The van der Waals surface area contributed by atoms with Gasteiger partial charge in [-0.2, -0.15) is 5.26 Å². The molecule has 102 valence electrons. The maximum Gasteiger partial charge on any atom is 0.222 e. The van der Waals surface area contributed by atoms with Crippen molar-refractivity contribution in [2.45, 2.75) is 30.9 Å². The average Bonchev–Trinajstić information content (AvgIpc) is 2.39. The van der Waals surface area contributed by atoms with Crippen LogP contribution in [0.15, 0.2) is 0 Å². The first-order valence-electron chi connectivity index (χ1n) is 6.30. The average molecular weight is 270 g/mol. The molecule has 0 aromatic rings. The van der Waals surface area contributed by atoms with Gasteiger partial charge in [-0.05, 0) is 25.0 Å². The molecule has 0 aliphatic carbocycles. The molecule has 1 heterocycles. The number of piperidine rings is 1. The van der Waals surface area contributed by atoms with Crippen LogP contribution in [0.1, 0.15) is 26.2 Å². The lowest BCUT2D eigenvalue weighted by Gasteiger charge is -2.36. The highest BCUT2D eigenvalue weighted by Gasteiger charge is 2.35. The Balaban J connectivity index is 2.43. The molecule has 0 radical (unpaired) electrons. The van der Waals surface area contributed by atoms with Gasteiger partial charge in [-0.15, -0.1) is 11.8 Å². The number of carbonyl (C=O) groups excluding carboxylic acids is 1. The molecule has 1 unspecified atom stereocenters. The molecule has 18 heavy (non-hydrogen) atoms. The van der Waals surface area contributed by atoms with Gasteiger partial charge < -0.3 is 9.64 Å². The lowest BCUT2D eigenvalue weighted by molar-refractivity contribution is -0.133. The molecule has 5 heteroatoms. The molecule has 1 amide bonds. The first-order chi connectivity index (χ1) is 8.56. The van der Waals surface area contributed by atoms with E-state index >= 15 is 0 Å². The van der Waals surface area contributed by atoms with Gasteiger partial charge in [0.05, 0.1) is 6.07 Å². The molecular formula is C13H22N2O2S. The fourth-order valence-corrected chi connectivity index (χ4v) is 2.93. The highest BCUT2D eigenvalue weighted by Crippen LogP contribution is 2.33. The van der Waals surface area contributed by atoms with Crippen molar-refractivity contribution >= 4 is 17.7 Å². The fraction of sp³-hybridized carbons (Fsp3) is 0.846. The lowest BCUT2D eigenvalue weighted by atomic mass is 9.96. The summed E-state index contributed by atoms with van der Waals surface area (Å²) in [6.45, 7) is 4.04. The van der Waals surface area contributed by atoms with E-state index in [4.69, 9.17) is 4.74 Å². The van der Waals surface area contributed by atoms with Crippen LogP contribution in [0.2, 0.25) is 0 Å². The van der Waals surface area contributed by atoms with Crippen molar-refractivity contribution in [2.24, 2.45) is 5.92 Å². The molecule has 1 atom stereocenters. The normalized spacial score (nSPS) is 20.2. The number of carbonyl (C=O) groups is 1. The molecule has 0 aromatic carbocycles. The molecule has 0 spiro atoms. The molecule has 4 nitrogen and oxygen atoms in total. The molecular weight excluding hydrogens is 248 g/mol. The third-order valence-corrected chi connectivity index (χ3v) is 4.77. The number of nitriles is 1. The van der Waals surface area contributed by atoms with E-state index in [0.29, 0.717) is 26.1 Å². The SMILES string of the molecule is COCC(C)CC(=O)N1CCC(C#N)(SC)CC1. The number of amides is 1. The minimum Gasteiger partial charge on any atom is -0.384 e. The van der Waals surface area contributed by atoms with Crippen LogP contribution in [-0.2, 0) is 9.53 Å². The van der Waals surface area contributed by atoms with Gasteiger partial charge in [-0.3, -0.25) is 4.79 Å². The second-order valence-electron chi connectivity index (χ2n) is 4.96. The number of nitrogens with zero attached hydrogens (tertiary/aromatic N) is 2. The smallest absolute Gasteiger partial charge is 0.222 e. The molecule has 0 saturated carbocycles. The predicted octanol–water partition coefficient (Wildman–Crippen LogP) is 1.91. The van der Waals surface area contributed by atoms with Crippen molar-refractivity contribution < 1.29 is 9.53 Å². The van der Waals surface area contributed by atoms with Crippen LogP contribution < -0.4 is 0 Å². The van der Waals surface area contributed by atoms with Gasteiger partial charge in [0.15, 0.2) is 0 Å². The van der Waals surface area contributed by atoms with Gasteiger partial charge in [-0.1, -0.05) is 6.92 Å². The number of hydrogen-bond donors (Lipinski definition) is 0. The zero-order valence-electron chi connectivity index (χ0n) is 11.4. The van der Waals surface area contributed by atoms with E-state index in [0.717, 1.165) is 12.8 Å². The highest BCUT2D eigenvalue weighted by molar-refractivity contribution is 8.00. The Morgan fingerprint density at radius 2 is 2.17 bits per heavy atom. The first-order valence-corrected chi connectivity index (χ1v) is 7.52. The van der Waals surface area contributed by atoms with Gasteiger partial charge in [0, 0.05) is 33.2 Å². The summed E-state index contributed by atoms with van der Waals surface area (Å²) in [4.78, 5) is 13.9. The van der Waals surface area contributed by atoms with Crippen molar-refractivity contribution in [1.29, 1.82) is 5.26 Å². The van der Waals surface area contributed by atoms with Crippen LogP contribution in [0, 0.1) is 17.2 Å². The number of likely N-dealkylation sites (tertiary alicyclic amines) is 1. The molecule has 0 aromatic heterocycles. The van der Waals surface area contributed by atoms with Crippen molar-refractivity contribution in [3.8, 4) is 6.07 Å². The minimum absolute atomic E-state index is 0.187. The number of methoxy groups -OCH3 is 1. The second kappa shape index (κ2) is 7.01. The Labute approximate surface area is 114 Å². The zero-order chi connectivity index (χ0) is 13.6. The Hall–Kier alpha value is -0.730. The molecule has 0 N–H and O–H groups in total. The summed E-state index contributed by atoms with van der Waals surface area (Å²) in [5, 5.41) is 9.19. The van der Waals surface area contributed by atoms with Crippen LogP contribution in [-0.4, -0.2) is 48.6 Å². The van der Waals surface area contributed by atoms with E-state index < -0.39 is 0 Å². The molecule has 0 bridgehead atoms. The van der Waals surface area contributed by atoms with Gasteiger partial charge in [0.2, 0.25) is 5.91 Å². The van der Waals surface area contributed by atoms with Crippen LogP contribution >= 0.6 is 11.8 Å². The monoisotopic (exact) mass is 270 g/mol. The molecule has 1 rings (SSSR count). The summed E-state index contributed by atoms with van der Waals surface area (Å²) in [6.07, 6.45) is 4.05. The van der Waals surface area contributed by atoms with E-state index in [9.17, 15) is 10.1 Å². The third-order valence-electron chi connectivity index (χ3n) is 3.49. The van der Waals surface area contributed by atoms with Gasteiger partial charge >= 0.3 is 0 Å². The van der Waals surface area contributed by atoms with E-state index in [1.807, 2.05) is 18.1 Å². The summed E-state index contributed by atoms with van der Waals surface area (Å²) in [5.41, 5.74) is 0. The van der Waals surface area contributed by atoms with Gasteiger partial charge in [0.1, 0.15) is 4.75 Å². The van der Waals surface area contributed by atoms with Crippen LogP contribution in [0.25, 0.3) is 0 Å². The molecule has 1 aliphatic heterocycles. The standard InChI is InChI=1S/C13H22N2O2S/c1-11(9-17-2)8-12(16)15-6-4-13(10-14,18-3)5-7-15/h11H,4-9H2,1-3H3. The second-order valence-corrected chi connectivity index (χ2v) is 6.15. The molecule has 1 fully saturated rings. The Morgan fingerprint density at radius 1 is 1.56 bits per heavy atom. The van der Waals surface area contributed by atoms with Crippen LogP contribution in [0.5, 0.6) is 0 Å². The minimum atomic E-state index is -0.283. The summed E-state index contributed by atoms with van der Waals surface area (Å²) < 4.78 is 4.76. The lowest BCUT2D eigenvalue weighted by Crippen LogP contribution is -2.44. The Bertz CT molecular complexity index is 319. The van der Waals surface area contributed by atoms with E-state index in [1.54, 1.807) is 18.9 Å². The quantitative estimate of drug-likeness (QED) is 0.765. The fourth-order valence-electron chi connectivity index (χ4n) is 2.25. The Morgan fingerprint density at radius 3 is 2.61 bits per heavy atom. The summed E-state index contributed by atoms with van der Waals surface area (Å²) >= 11 is 1.61. The van der Waals surface area contributed by atoms with E-state index in [1.165, 1.54) is 0 Å². The Kier molecular flexibility index (Phi) is 5.97. The van der Waals surface area contributed by atoms with E-state index in [-0.39, 0.29) is 16.6 Å². The van der Waals surface area contributed by atoms with Crippen molar-refractivity contribution in [3.63, 3.8) is 0 Å². The van der Waals surface area contributed by atoms with Crippen molar-refractivity contribution in [1.82, 2.24) is 4.90 Å². The summed E-state index contributed by atoms with van der Waals surface area (Å²) in [5.74, 6) is 0.442. The van der Waals surface area contributed by atoms with Crippen molar-refractivity contribution in [3.05, 3.63) is 0 Å². The van der Waals surface area contributed by atoms with Gasteiger partial charge in [-0.25, -0.2) is 0 Å². The van der Waals surface area contributed by atoms with Crippen LogP contribution in [0.3, 0.4) is 0 Å². The summed E-state index contributed by atoms with van der Waals surface area (Å²) in [6, 6.07) is 2.39. The number of ether oxygens (including phenoxy) is 1. The zero-order valence-corrected chi connectivity index (χ0v) is 12.3. The number of thioether (sulfide) groups is 1. The van der Waals surface area contributed by atoms with Gasteiger partial charge in [0.25, 0.3) is 0 Å². The first kappa shape index (κ1) is 15.3. The predicted molar refractivity (Wildman–Crippen MR) is 73.3 cm³/mol. The molecule has 1 saturated heterocycles. The largest absolute Gasteiger partial charge is 0.384 e.